The Morgan fingerprint density at radius 1 is 0.862 bits per heavy atom. The van der Waals surface area contributed by atoms with Gasteiger partial charge in [-0.3, -0.25) is 0 Å². The SMILES string of the molecule is Cc1ccc(S(=O)(=O)[C@H]2C[C@H]3OCCN(S(=O)(=O)c4ccc(C)cc4)N3C2)cc1. The molecule has 0 radical (unpaired) electrons. The Morgan fingerprint density at radius 2 is 1.41 bits per heavy atom. The van der Waals surface area contributed by atoms with Crippen molar-refractivity contribution in [3.05, 3.63) is 59.7 Å². The molecule has 0 spiro atoms. The van der Waals surface area contributed by atoms with Crippen molar-refractivity contribution in [1.82, 2.24) is 9.42 Å². The van der Waals surface area contributed by atoms with Gasteiger partial charge >= 0.3 is 0 Å². The third kappa shape index (κ3) is 3.73. The fraction of sp³-hybridized carbons (Fsp3) is 0.400. The van der Waals surface area contributed by atoms with Crippen molar-refractivity contribution in [3.8, 4) is 0 Å². The second-order valence-corrected chi connectivity index (χ2v) is 11.6. The quantitative estimate of drug-likeness (QED) is 0.730. The third-order valence-electron chi connectivity index (χ3n) is 5.45. The van der Waals surface area contributed by atoms with E-state index < -0.39 is 31.3 Å². The molecule has 0 aliphatic carbocycles. The number of hydrogen-bond donors (Lipinski definition) is 0. The highest BCUT2D eigenvalue weighted by molar-refractivity contribution is 7.92. The summed E-state index contributed by atoms with van der Waals surface area (Å²) < 4.78 is 59.6. The molecule has 2 saturated heterocycles. The van der Waals surface area contributed by atoms with Crippen molar-refractivity contribution in [2.24, 2.45) is 0 Å². The number of rotatable bonds is 4. The molecule has 2 atom stereocenters. The summed E-state index contributed by atoms with van der Waals surface area (Å²) in [4.78, 5) is 0.439. The van der Waals surface area contributed by atoms with Gasteiger partial charge in [0, 0.05) is 13.0 Å². The predicted octanol–water partition coefficient (Wildman–Crippen LogP) is 2.11. The predicted molar refractivity (Wildman–Crippen MR) is 108 cm³/mol. The lowest BCUT2D eigenvalue weighted by atomic mass is 10.2. The molecule has 0 N–H and O–H groups in total. The summed E-state index contributed by atoms with van der Waals surface area (Å²) in [6.45, 7) is 4.25. The van der Waals surface area contributed by atoms with Crippen LogP contribution >= 0.6 is 0 Å². The van der Waals surface area contributed by atoms with Gasteiger partial charge in [-0.25, -0.2) is 16.8 Å². The van der Waals surface area contributed by atoms with Crippen LogP contribution in [0.2, 0.25) is 0 Å². The topological polar surface area (TPSA) is 84.0 Å². The van der Waals surface area contributed by atoms with Crippen LogP contribution in [0.1, 0.15) is 17.5 Å². The smallest absolute Gasteiger partial charge is 0.256 e. The number of hydrazine groups is 1. The van der Waals surface area contributed by atoms with Crippen LogP contribution in [0.25, 0.3) is 0 Å². The van der Waals surface area contributed by atoms with Gasteiger partial charge in [-0.15, -0.1) is 4.41 Å². The zero-order chi connectivity index (χ0) is 20.8. The fourth-order valence-electron chi connectivity index (χ4n) is 3.77. The van der Waals surface area contributed by atoms with E-state index in [2.05, 4.69) is 0 Å². The molecule has 2 aromatic rings. The number of hydrogen-bond acceptors (Lipinski definition) is 6. The molecular weight excluding hydrogens is 412 g/mol. The second kappa shape index (κ2) is 7.48. The Morgan fingerprint density at radius 3 is 2.00 bits per heavy atom. The van der Waals surface area contributed by atoms with Crippen LogP contribution in [0.4, 0.5) is 0 Å². The average Bonchev–Trinajstić information content (AvgIpc) is 3.14. The minimum absolute atomic E-state index is 0.0754. The van der Waals surface area contributed by atoms with Crippen molar-refractivity contribution in [2.75, 3.05) is 19.7 Å². The summed E-state index contributed by atoms with van der Waals surface area (Å²) in [5.74, 6) is 0. The van der Waals surface area contributed by atoms with Crippen LogP contribution in [0, 0.1) is 13.8 Å². The van der Waals surface area contributed by atoms with E-state index in [-0.39, 0.29) is 35.9 Å². The largest absolute Gasteiger partial charge is 0.360 e. The van der Waals surface area contributed by atoms with Crippen molar-refractivity contribution >= 4 is 19.9 Å². The fourth-order valence-corrected chi connectivity index (χ4v) is 6.92. The zero-order valence-electron chi connectivity index (χ0n) is 16.4. The van der Waals surface area contributed by atoms with Gasteiger partial charge in [0.25, 0.3) is 10.0 Å². The van der Waals surface area contributed by atoms with Crippen LogP contribution in [-0.2, 0) is 24.6 Å². The summed E-state index contributed by atoms with van der Waals surface area (Å²) in [5, 5.41) is 0.818. The average molecular weight is 437 g/mol. The zero-order valence-corrected chi connectivity index (χ0v) is 18.0. The molecule has 7 nitrogen and oxygen atoms in total. The molecule has 0 aromatic heterocycles. The highest BCUT2D eigenvalue weighted by atomic mass is 32.2. The van der Waals surface area contributed by atoms with Gasteiger partial charge in [0.05, 0.1) is 28.2 Å². The molecule has 0 bridgehead atoms. The number of benzene rings is 2. The highest BCUT2D eigenvalue weighted by Crippen LogP contribution is 2.34. The lowest BCUT2D eigenvalue weighted by Crippen LogP contribution is -2.55. The molecule has 2 aromatic carbocycles. The standard InChI is InChI=1S/C20H24N2O5S2/c1-15-3-7-17(8-4-15)28(23,24)19-13-20-21(14-19)22(11-12-27-20)29(25,26)18-9-5-16(2)6-10-18/h3-10,19-20H,11-14H2,1-2H3/t19-,20+/m0/s1. The van der Waals surface area contributed by atoms with Crippen LogP contribution in [-0.4, -0.2) is 57.4 Å². The maximum absolute atomic E-state index is 13.2. The van der Waals surface area contributed by atoms with Crippen molar-refractivity contribution in [3.63, 3.8) is 0 Å². The highest BCUT2D eigenvalue weighted by Gasteiger charge is 2.48. The maximum atomic E-state index is 13.2. The van der Waals surface area contributed by atoms with Gasteiger partial charge in [0.2, 0.25) is 0 Å². The summed E-state index contributed by atoms with van der Waals surface area (Å²) in [6, 6.07) is 13.4. The molecule has 0 unspecified atom stereocenters. The first-order valence-electron chi connectivity index (χ1n) is 9.48. The summed E-state index contributed by atoms with van der Waals surface area (Å²) in [5.41, 5.74) is 1.95. The lowest BCUT2D eigenvalue weighted by Gasteiger charge is -2.38. The number of nitrogens with zero attached hydrogens (tertiary/aromatic N) is 2. The maximum Gasteiger partial charge on any atom is 0.256 e. The monoisotopic (exact) mass is 436 g/mol. The number of ether oxygens (including phenoxy) is 1. The van der Waals surface area contributed by atoms with Crippen molar-refractivity contribution in [1.29, 1.82) is 0 Å². The molecule has 0 saturated carbocycles. The van der Waals surface area contributed by atoms with E-state index in [0.717, 1.165) is 11.1 Å². The van der Waals surface area contributed by atoms with Crippen molar-refractivity contribution < 1.29 is 21.6 Å². The first-order valence-corrected chi connectivity index (χ1v) is 12.5. The molecule has 156 valence electrons. The number of sulfone groups is 1. The molecular formula is C20H24N2O5S2. The van der Waals surface area contributed by atoms with Crippen LogP contribution < -0.4 is 0 Å². The minimum Gasteiger partial charge on any atom is -0.360 e. The third-order valence-corrected chi connectivity index (χ3v) is 9.42. The van der Waals surface area contributed by atoms with Crippen LogP contribution in [0.3, 0.4) is 0 Å². The van der Waals surface area contributed by atoms with Gasteiger partial charge in [-0.05, 0) is 38.1 Å². The Hall–Kier alpha value is -1.78. The molecule has 9 heteroatoms. The Balaban J connectivity index is 1.62. The summed E-state index contributed by atoms with van der Waals surface area (Å²) >= 11 is 0. The van der Waals surface area contributed by atoms with E-state index in [0.29, 0.717) is 0 Å². The Labute approximate surface area is 171 Å². The van der Waals surface area contributed by atoms with E-state index in [9.17, 15) is 16.8 Å². The van der Waals surface area contributed by atoms with Gasteiger partial charge in [0.1, 0.15) is 6.23 Å². The van der Waals surface area contributed by atoms with Gasteiger partial charge in [-0.1, -0.05) is 35.4 Å². The number of sulfonamides is 1. The Bertz CT molecular complexity index is 1100. The second-order valence-electron chi connectivity index (χ2n) is 7.53. The minimum atomic E-state index is -3.79. The molecule has 2 aliphatic heterocycles. The first-order chi connectivity index (χ1) is 13.7. The molecule has 29 heavy (non-hydrogen) atoms. The first kappa shape index (κ1) is 20.5. The molecule has 2 fully saturated rings. The van der Waals surface area contributed by atoms with E-state index in [1.54, 1.807) is 53.5 Å². The summed E-state index contributed by atoms with van der Waals surface area (Å²) in [7, 11) is -7.38. The normalized spacial score (nSPS) is 23.8. The van der Waals surface area contributed by atoms with E-state index in [4.69, 9.17) is 4.74 Å². The van der Waals surface area contributed by atoms with E-state index >= 15 is 0 Å². The number of fused-ring (bicyclic) bond motifs is 1. The lowest BCUT2D eigenvalue weighted by molar-refractivity contribution is -0.153. The molecule has 4 rings (SSSR count). The van der Waals surface area contributed by atoms with Crippen molar-refractivity contribution in [2.45, 2.75) is 41.5 Å². The van der Waals surface area contributed by atoms with Crippen LogP contribution in [0.5, 0.6) is 0 Å². The van der Waals surface area contributed by atoms with E-state index in [1.807, 2.05) is 13.8 Å². The van der Waals surface area contributed by atoms with Gasteiger partial charge in [-0.2, -0.15) is 5.01 Å². The molecule has 0 amide bonds. The van der Waals surface area contributed by atoms with Gasteiger partial charge < -0.3 is 4.74 Å². The van der Waals surface area contributed by atoms with E-state index in [1.165, 1.54) is 4.41 Å². The summed E-state index contributed by atoms with van der Waals surface area (Å²) in [6.07, 6.45) is -0.343. The van der Waals surface area contributed by atoms with Gasteiger partial charge in [0.15, 0.2) is 9.84 Å². The Kier molecular flexibility index (Phi) is 5.28. The van der Waals surface area contributed by atoms with Crippen LogP contribution in [0.15, 0.2) is 58.3 Å². The molecule has 2 aliphatic rings. The number of aryl methyl sites for hydroxylation is 2. The molecule has 2 heterocycles.